The molecule has 4 aliphatic carbocycles. The third-order valence-corrected chi connectivity index (χ3v) is 21.1. The van der Waals surface area contributed by atoms with Crippen molar-refractivity contribution in [3.8, 4) is 0 Å². The van der Waals surface area contributed by atoms with Crippen LogP contribution in [0.25, 0.3) is 0 Å². The van der Waals surface area contributed by atoms with Crippen LogP contribution in [0.15, 0.2) is 11.6 Å². The minimum Gasteiger partial charge on any atom is -0.394 e. The van der Waals surface area contributed by atoms with E-state index in [9.17, 15) is 76.6 Å². The maximum Gasteiger partial charge on any atom is 0.187 e. The molecule has 4 saturated heterocycles. The summed E-state index contributed by atoms with van der Waals surface area (Å²) in [5.74, 6) is -0.558. The van der Waals surface area contributed by atoms with Crippen molar-refractivity contribution in [1.82, 2.24) is 0 Å². The highest BCUT2D eigenvalue weighted by Gasteiger charge is 2.70. The Bertz CT molecular complexity index is 2020. The van der Waals surface area contributed by atoms with Crippen LogP contribution in [0, 0.1) is 51.2 Å². The molecule has 4 heterocycles. The van der Waals surface area contributed by atoms with E-state index in [1.54, 1.807) is 13.8 Å². The van der Waals surface area contributed by atoms with E-state index in [-0.39, 0.29) is 40.9 Å². The molecule has 7 fully saturated rings. The van der Waals surface area contributed by atoms with Gasteiger partial charge in [0.2, 0.25) is 0 Å². The molecule has 23 nitrogen and oxygen atoms in total. The van der Waals surface area contributed by atoms with Gasteiger partial charge < -0.3 is 114 Å². The molecule has 452 valence electrons. The summed E-state index contributed by atoms with van der Waals surface area (Å²) in [6.07, 6.45) is -23.7. The van der Waals surface area contributed by atoms with Crippen molar-refractivity contribution in [3.05, 3.63) is 11.6 Å². The second-order valence-corrected chi connectivity index (χ2v) is 26.2. The first kappa shape index (κ1) is 62.9. The molecule has 8 rings (SSSR count). The molecule has 8 aliphatic rings. The van der Waals surface area contributed by atoms with Crippen LogP contribution in [-0.4, -0.2) is 244 Å². The molecule has 23 heteroatoms. The quantitative estimate of drug-likeness (QED) is 0.0704. The molecular weight excluding hydrogens is 1030 g/mol. The first-order valence-electron chi connectivity index (χ1n) is 28.4. The first-order valence-corrected chi connectivity index (χ1v) is 28.4. The highest BCUT2D eigenvalue weighted by Crippen LogP contribution is 2.75. The fourth-order valence-electron chi connectivity index (χ4n) is 15.9. The summed E-state index contributed by atoms with van der Waals surface area (Å²) in [5, 5.41) is 163. The van der Waals surface area contributed by atoms with Crippen molar-refractivity contribution < 1.29 is 114 Å². The summed E-state index contributed by atoms with van der Waals surface area (Å²) in [7, 11) is 0. The monoisotopic (exact) mass is 1120 g/mol. The second kappa shape index (κ2) is 23.7. The lowest BCUT2D eigenvalue weighted by Gasteiger charge is -2.67. The van der Waals surface area contributed by atoms with Crippen molar-refractivity contribution in [2.24, 2.45) is 51.2 Å². The molecule has 30 atom stereocenters. The maximum absolute atomic E-state index is 12.7. The van der Waals surface area contributed by atoms with Crippen molar-refractivity contribution >= 4 is 0 Å². The lowest BCUT2D eigenvalue weighted by molar-refractivity contribution is -0.387. The Hall–Kier alpha value is -1.18. The number of hydrogen-bond acceptors (Lipinski definition) is 23. The Kier molecular flexibility index (Phi) is 19.1. The van der Waals surface area contributed by atoms with Crippen LogP contribution in [-0.2, 0) is 37.9 Å². The minimum absolute atomic E-state index is 0.0253. The normalized spacial score (nSPS) is 51.4. The Morgan fingerprint density at radius 3 is 1.71 bits per heavy atom. The molecule has 0 radical (unpaired) electrons. The highest BCUT2D eigenvalue weighted by molar-refractivity contribution is 5.32. The Balaban J connectivity index is 0.951. The fourth-order valence-corrected chi connectivity index (χ4v) is 15.9. The summed E-state index contributed by atoms with van der Waals surface area (Å²) in [6, 6.07) is 0. The van der Waals surface area contributed by atoms with Crippen LogP contribution in [0.4, 0.5) is 0 Å². The van der Waals surface area contributed by atoms with Gasteiger partial charge in [0, 0.05) is 16.7 Å². The smallest absolute Gasteiger partial charge is 0.187 e. The van der Waals surface area contributed by atoms with E-state index in [1.807, 2.05) is 0 Å². The third kappa shape index (κ3) is 10.9. The number of aliphatic hydroxyl groups is 15. The zero-order valence-corrected chi connectivity index (χ0v) is 46.6. The Labute approximate surface area is 457 Å². The zero-order chi connectivity index (χ0) is 57.5. The van der Waals surface area contributed by atoms with Gasteiger partial charge in [-0.3, -0.25) is 0 Å². The summed E-state index contributed by atoms with van der Waals surface area (Å²) in [4.78, 5) is 0. The van der Waals surface area contributed by atoms with E-state index in [4.69, 9.17) is 37.9 Å². The van der Waals surface area contributed by atoms with Crippen LogP contribution in [0.5, 0.6) is 0 Å². The highest BCUT2D eigenvalue weighted by atomic mass is 16.8. The molecule has 0 aromatic rings. The molecule has 0 bridgehead atoms. The van der Waals surface area contributed by atoms with Crippen LogP contribution in [0.2, 0.25) is 0 Å². The van der Waals surface area contributed by atoms with Gasteiger partial charge in [-0.25, -0.2) is 0 Å². The molecule has 78 heavy (non-hydrogen) atoms. The third-order valence-electron chi connectivity index (χ3n) is 21.1. The van der Waals surface area contributed by atoms with E-state index in [0.717, 1.165) is 19.3 Å². The minimum atomic E-state index is -1.94. The van der Waals surface area contributed by atoms with Gasteiger partial charge in [0.1, 0.15) is 85.5 Å². The lowest BCUT2D eigenvalue weighted by atomic mass is 9.38. The first-order chi connectivity index (χ1) is 36.5. The number of hydrogen-bond donors (Lipinski definition) is 15. The topological polar surface area (TPSA) is 377 Å². The van der Waals surface area contributed by atoms with Gasteiger partial charge in [-0.2, -0.15) is 0 Å². The molecule has 0 amide bonds. The van der Waals surface area contributed by atoms with Gasteiger partial charge in [0.15, 0.2) is 25.2 Å². The average molecular weight is 1120 g/mol. The molecule has 4 aliphatic heterocycles. The van der Waals surface area contributed by atoms with E-state index < -0.39 is 184 Å². The lowest BCUT2D eigenvalue weighted by Crippen LogP contribution is -2.66. The summed E-state index contributed by atoms with van der Waals surface area (Å²) in [5.41, 5.74) is -1.90. The van der Waals surface area contributed by atoms with Gasteiger partial charge in [0.05, 0.1) is 56.4 Å². The van der Waals surface area contributed by atoms with Crippen molar-refractivity contribution in [1.29, 1.82) is 0 Å². The van der Waals surface area contributed by atoms with Gasteiger partial charge in [0.25, 0.3) is 0 Å². The van der Waals surface area contributed by atoms with E-state index in [2.05, 4.69) is 47.6 Å². The molecule has 15 N–H and O–H groups in total. The van der Waals surface area contributed by atoms with Crippen LogP contribution in [0.3, 0.4) is 0 Å². The Morgan fingerprint density at radius 1 is 0.590 bits per heavy atom. The number of rotatable bonds is 17. The summed E-state index contributed by atoms with van der Waals surface area (Å²) < 4.78 is 48.3. The van der Waals surface area contributed by atoms with Crippen molar-refractivity contribution in [2.75, 3.05) is 26.4 Å². The average Bonchev–Trinajstić information content (AvgIpc) is 3.68. The van der Waals surface area contributed by atoms with Gasteiger partial charge >= 0.3 is 0 Å². The van der Waals surface area contributed by atoms with E-state index >= 15 is 0 Å². The molecule has 4 unspecified atom stereocenters. The molecule has 0 spiro atoms. The number of allylic oxidation sites excluding steroid dienone is 1. The number of aliphatic hydroxyl groups excluding tert-OH is 14. The predicted molar refractivity (Wildman–Crippen MR) is 271 cm³/mol. The second-order valence-electron chi connectivity index (χ2n) is 26.2. The van der Waals surface area contributed by atoms with Crippen molar-refractivity contribution in [2.45, 2.75) is 254 Å². The van der Waals surface area contributed by atoms with Crippen LogP contribution < -0.4 is 0 Å². The summed E-state index contributed by atoms with van der Waals surface area (Å²) >= 11 is 0. The molecule has 3 saturated carbocycles. The predicted octanol–water partition coefficient (Wildman–Crippen LogP) is -1.96. The maximum atomic E-state index is 12.7. The molecular formula is C55H94O23. The van der Waals surface area contributed by atoms with Crippen LogP contribution in [0.1, 0.15) is 114 Å². The number of ether oxygens (including phenoxy) is 8. The Morgan fingerprint density at radius 2 is 1.10 bits per heavy atom. The van der Waals surface area contributed by atoms with Gasteiger partial charge in [-0.15, -0.1) is 0 Å². The molecule has 0 aromatic carbocycles. The van der Waals surface area contributed by atoms with E-state index in [0.29, 0.717) is 25.7 Å². The van der Waals surface area contributed by atoms with E-state index in [1.165, 1.54) is 12.5 Å². The van der Waals surface area contributed by atoms with Gasteiger partial charge in [-0.05, 0) is 99.7 Å². The SMILES string of the molecule is C[C@H](CC[C@@H](O[C@@H]1O[C@H](CO)[C@@H](O)[C@H](O)[C@H]1O[C@H]1O[C@@H](CO)[C@H](OC2O[C@@H](CO)[C@H](O)[C@@H](O)[C@@H]2C)[C@@H](O)[C@@H]1O)C(C)(C)O)C1CC[C@@]2(C)C3CC=C4C(CC[C@H](O[C@@H]5O[C@H](CO)[C@@H](O)[C@H](O)[C@H]5O)C4(C)C)[C@]3(C)[C@H](O)C[C@]12C. The summed E-state index contributed by atoms with van der Waals surface area (Å²) in [6.45, 7) is 15.1. The largest absolute Gasteiger partial charge is 0.394 e. The van der Waals surface area contributed by atoms with Gasteiger partial charge in [-0.1, -0.05) is 60.1 Å². The van der Waals surface area contributed by atoms with Crippen molar-refractivity contribution in [3.63, 3.8) is 0 Å². The van der Waals surface area contributed by atoms with Crippen LogP contribution >= 0.6 is 0 Å². The standard InChI is InChI=1S/C55H94O23/c1-23(25-16-17-53(7)32-13-11-26-27(55(32,9)33(60)18-54(25,53)8)12-15-34(51(26,3)4)75-48-43(68)40(65)38(63)29(20-57)72-48)10-14-35(52(5,6)70)76-50-46(41(66)39(64)30(21-58)73-50)78-49-44(69)42(67)45(31(22-59)74-49)77-47-24(2)36(61)37(62)28(19-56)71-47/h11,23-25,27-50,56-70H,10,12-22H2,1-9H3/t23-,24+,25?,27?,28+,29-,30-,31+,32?,33-,34+,35-,36+,37+,38-,39-,40+,41+,42+,43-,44+,45+,46-,47?,48+,49-,50+,53+,54-,55+/m1/s1. The zero-order valence-electron chi connectivity index (χ0n) is 46.6. The number of fused-ring (bicyclic) bond motifs is 5. The fraction of sp³-hybridized carbons (Fsp3) is 0.964. The molecule has 0 aromatic heterocycles.